The molecule has 5 heteroatoms. The molecule has 1 atom stereocenters. The van der Waals surface area contributed by atoms with Gasteiger partial charge in [0.25, 0.3) is 0 Å². The monoisotopic (exact) mass is 188 g/mol. The minimum Gasteiger partial charge on any atom is -0.342 e. The normalized spacial score (nSPS) is 19.0. The van der Waals surface area contributed by atoms with Gasteiger partial charge in [0.15, 0.2) is 0 Å². The predicted molar refractivity (Wildman–Crippen MR) is 36.4 cm³/mol. The second kappa shape index (κ2) is 2.87. The highest BCUT2D eigenvalue weighted by molar-refractivity contribution is 4.88. The summed E-state index contributed by atoms with van der Waals surface area (Å²) in [5.74, 6) is -3.58. The molecule has 0 radical (unpaired) electrons. The first-order valence-corrected chi connectivity index (χ1v) is 3.37. The average molecular weight is 188 g/mol. The molecule has 0 saturated heterocycles. The molecule has 0 bridgehead atoms. The van der Waals surface area contributed by atoms with Crippen LogP contribution in [0.5, 0.6) is 0 Å². The van der Waals surface area contributed by atoms with Gasteiger partial charge in [-0.2, -0.15) is 13.2 Å². The van der Waals surface area contributed by atoms with E-state index in [2.05, 4.69) is 4.74 Å². The Labute approximate surface area is 68.7 Å². The van der Waals surface area contributed by atoms with Gasteiger partial charge < -0.3 is 4.74 Å². The molecule has 0 aliphatic rings. The summed E-state index contributed by atoms with van der Waals surface area (Å²) in [6, 6.07) is 0. The molecule has 0 rings (SSSR count). The van der Waals surface area contributed by atoms with Gasteiger partial charge in [0, 0.05) is 12.5 Å². The van der Waals surface area contributed by atoms with Crippen LogP contribution >= 0.6 is 0 Å². The molecule has 0 aromatic heterocycles. The van der Waals surface area contributed by atoms with Gasteiger partial charge in [0.2, 0.25) is 0 Å². The second-order valence-corrected chi connectivity index (χ2v) is 3.55. The van der Waals surface area contributed by atoms with Gasteiger partial charge in [-0.05, 0) is 0 Å². The largest absolute Gasteiger partial charge is 0.448 e. The van der Waals surface area contributed by atoms with Crippen LogP contribution in [0.3, 0.4) is 0 Å². The number of methoxy groups -OCH3 is 1. The van der Waals surface area contributed by atoms with Crippen LogP contribution in [0.4, 0.5) is 17.6 Å². The van der Waals surface area contributed by atoms with Crippen LogP contribution in [0.2, 0.25) is 0 Å². The molecular formula is C7H12F4O. The maximum atomic E-state index is 13.2. The van der Waals surface area contributed by atoms with Crippen LogP contribution in [-0.2, 0) is 4.74 Å². The molecule has 12 heavy (non-hydrogen) atoms. The summed E-state index contributed by atoms with van der Waals surface area (Å²) in [6.45, 7) is 3.39. The molecule has 0 N–H and O–H groups in total. The third kappa shape index (κ3) is 1.71. The molecular weight excluding hydrogens is 176 g/mol. The lowest BCUT2D eigenvalue weighted by Gasteiger charge is -2.37. The Morgan fingerprint density at radius 1 is 0.917 bits per heavy atom. The fraction of sp³-hybridized carbons (Fsp3) is 1.00. The zero-order valence-corrected chi connectivity index (χ0v) is 7.42. The molecule has 74 valence electrons. The third-order valence-corrected chi connectivity index (χ3v) is 1.61. The van der Waals surface area contributed by atoms with E-state index in [0.717, 1.165) is 20.8 Å². The van der Waals surface area contributed by atoms with Crippen molar-refractivity contribution in [3.63, 3.8) is 0 Å². The Bertz CT molecular complexity index is 142. The molecule has 0 saturated carbocycles. The number of hydrogen-bond donors (Lipinski definition) is 0. The van der Waals surface area contributed by atoms with E-state index in [1.165, 1.54) is 0 Å². The summed E-state index contributed by atoms with van der Waals surface area (Å²) in [5, 5.41) is 0. The van der Waals surface area contributed by atoms with E-state index < -0.39 is 17.4 Å². The molecule has 1 nitrogen and oxygen atoms in total. The Morgan fingerprint density at radius 3 is 1.25 bits per heavy atom. The quantitative estimate of drug-likeness (QED) is 0.575. The molecule has 1 unspecified atom stereocenters. The van der Waals surface area contributed by atoms with Crippen LogP contribution in [-0.4, -0.2) is 19.1 Å². The van der Waals surface area contributed by atoms with Crippen LogP contribution in [0.15, 0.2) is 0 Å². The first kappa shape index (κ1) is 11.7. The van der Waals surface area contributed by atoms with Crippen LogP contribution in [0, 0.1) is 5.41 Å². The summed E-state index contributed by atoms with van der Waals surface area (Å²) in [5.41, 5.74) is -1.62. The summed E-state index contributed by atoms with van der Waals surface area (Å²) < 4.78 is 53.4. The molecule has 0 aliphatic heterocycles. The predicted octanol–water partition coefficient (Wildman–Crippen LogP) is 2.91. The van der Waals surface area contributed by atoms with E-state index in [1.54, 1.807) is 0 Å². The Morgan fingerprint density at radius 2 is 1.25 bits per heavy atom. The van der Waals surface area contributed by atoms with Crippen molar-refractivity contribution in [2.45, 2.75) is 32.8 Å². The highest BCUT2D eigenvalue weighted by Crippen LogP contribution is 2.46. The van der Waals surface area contributed by atoms with Crippen molar-refractivity contribution in [2.75, 3.05) is 7.11 Å². The Hall–Kier alpha value is -0.320. The molecule has 0 spiro atoms. The minimum atomic E-state index is -5.00. The number of ether oxygens (including phenoxy) is 1. The van der Waals surface area contributed by atoms with E-state index >= 15 is 0 Å². The highest BCUT2D eigenvalue weighted by atomic mass is 19.4. The van der Waals surface area contributed by atoms with Crippen molar-refractivity contribution in [2.24, 2.45) is 5.41 Å². The van der Waals surface area contributed by atoms with Crippen molar-refractivity contribution in [3.8, 4) is 0 Å². The minimum absolute atomic E-state index is 0.707. The van der Waals surface area contributed by atoms with E-state index in [1.807, 2.05) is 0 Å². The van der Waals surface area contributed by atoms with Crippen molar-refractivity contribution in [1.29, 1.82) is 0 Å². The first-order valence-electron chi connectivity index (χ1n) is 3.37. The third-order valence-electron chi connectivity index (χ3n) is 1.61. The number of alkyl halides is 4. The maximum Gasteiger partial charge on any atom is 0.448 e. The molecule has 0 aromatic rings. The maximum absolute atomic E-state index is 13.2. The lowest BCUT2D eigenvalue weighted by Crippen LogP contribution is -2.52. The van der Waals surface area contributed by atoms with E-state index in [0.29, 0.717) is 7.11 Å². The fourth-order valence-corrected chi connectivity index (χ4v) is 0.847. The zero-order chi connectivity index (χ0) is 10.2. The molecule has 0 amide bonds. The van der Waals surface area contributed by atoms with Gasteiger partial charge in [-0.1, -0.05) is 20.8 Å². The summed E-state index contributed by atoms with van der Waals surface area (Å²) in [4.78, 5) is 0. The average Bonchev–Trinajstić information content (AvgIpc) is 1.81. The summed E-state index contributed by atoms with van der Waals surface area (Å²) in [7, 11) is 0.707. The lowest BCUT2D eigenvalue weighted by atomic mass is 9.86. The fourth-order valence-electron chi connectivity index (χ4n) is 0.847. The number of hydrogen-bond acceptors (Lipinski definition) is 1. The van der Waals surface area contributed by atoms with Crippen molar-refractivity contribution in [3.05, 3.63) is 0 Å². The van der Waals surface area contributed by atoms with Crippen molar-refractivity contribution in [1.82, 2.24) is 0 Å². The molecule has 0 heterocycles. The zero-order valence-electron chi connectivity index (χ0n) is 7.42. The van der Waals surface area contributed by atoms with E-state index in [4.69, 9.17) is 0 Å². The van der Waals surface area contributed by atoms with E-state index in [9.17, 15) is 17.6 Å². The van der Waals surface area contributed by atoms with E-state index in [-0.39, 0.29) is 0 Å². The number of rotatable bonds is 1. The van der Waals surface area contributed by atoms with Gasteiger partial charge >= 0.3 is 12.0 Å². The van der Waals surface area contributed by atoms with Gasteiger partial charge in [-0.15, -0.1) is 0 Å². The Balaban J connectivity index is 4.95. The van der Waals surface area contributed by atoms with Crippen molar-refractivity contribution >= 4 is 0 Å². The van der Waals surface area contributed by atoms with Crippen LogP contribution in [0.25, 0.3) is 0 Å². The van der Waals surface area contributed by atoms with Crippen LogP contribution < -0.4 is 0 Å². The first-order chi connectivity index (χ1) is 5.06. The Kier molecular flexibility index (Phi) is 2.79. The second-order valence-electron chi connectivity index (χ2n) is 3.55. The van der Waals surface area contributed by atoms with Gasteiger partial charge in [-0.25, -0.2) is 4.39 Å². The van der Waals surface area contributed by atoms with Crippen molar-refractivity contribution < 1.29 is 22.3 Å². The summed E-state index contributed by atoms with van der Waals surface area (Å²) >= 11 is 0. The molecule has 0 fully saturated rings. The molecule has 0 aliphatic carbocycles. The standard InChI is InChI=1S/C7H12F4O/c1-5(2,3)6(8,12-4)7(9,10)11/h1-4H3. The lowest BCUT2D eigenvalue weighted by molar-refractivity contribution is -0.360. The topological polar surface area (TPSA) is 9.23 Å². The number of halogens is 4. The molecule has 0 aromatic carbocycles. The summed E-state index contributed by atoms with van der Waals surface area (Å²) in [6.07, 6.45) is -5.00. The van der Waals surface area contributed by atoms with Gasteiger partial charge in [0.05, 0.1) is 0 Å². The van der Waals surface area contributed by atoms with Gasteiger partial charge in [0.1, 0.15) is 0 Å². The van der Waals surface area contributed by atoms with Gasteiger partial charge in [-0.3, -0.25) is 0 Å². The smallest absolute Gasteiger partial charge is 0.342 e. The highest BCUT2D eigenvalue weighted by Gasteiger charge is 2.63. The van der Waals surface area contributed by atoms with Crippen LogP contribution in [0.1, 0.15) is 20.8 Å². The SMILES string of the molecule is COC(F)(C(C)(C)C)C(F)(F)F.